The first-order valence-electron chi connectivity index (χ1n) is 13.8. The highest BCUT2D eigenvalue weighted by molar-refractivity contribution is 7.19. The standard InChI is InChI=1S/C32H27N5O2S2/c1-18-7-11-20(12-8-18)37(21-13-9-19(2)10-14-21)26-16-15-25(40-26)24-17-33-32(29-27(24)35-41-36-29)34-28-22-5-3-4-6-23(22)30(38)31(28)39/h7-17,22-23H,3-6H2,1-2H3. The summed E-state index contributed by atoms with van der Waals surface area (Å²) in [5, 5.41) is 1.06. The molecule has 2 aliphatic carbocycles. The van der Waals surface area contributed by atoms with Crippen molar-refractivity contribution in [3.05, 3.63) is 78.0 Å². The van der Waals surface area contributed by atoms with Crippen LogP contribution in [0, 0.1) is 25.7 Å². The Kier molecular flexibility index (Phi) is 6.55. The number of carbonyl (C=O) groups excluding carboxylic acids is 2. The lowest BCUT2D eigenvalue weighted by Gasteiger charge is -2.24. The van der Waals surface area contributed by atoms with Crippen molar-refractivity contribution in [3.8, 4) is 10.4 Å². The van der Waals surface area contributed by atoms with E-state index in [0.717, 1.165) is 64.2 Å². The Morgan fingerprint density at radius 1 is 0.805 bits per heavy atom. The largest absolute Gasteiger partial charge is 0.302 e. The first-order valence-corrected chi connectivity index (χ1v) is 15.3. The molecule has 2 aliphatic rings. The van der Waals surface area contributed by atoms with Crippen LogP contribution in [-0.4, -0.2) is 31.0 Å². The van der Waals surface area contributed by atoms with Gasteiger partial charge in [0.25, 0.3) is 0 Å². The Balaban J connectivity index is 1.28. The van der Waals surface area contributed by atoms with Gasteiger partial charge in [-0.1, -0.05) is 48.2 Å². The van der Waals surface area contributed by atoms with Crippen LogP contribution in [0.3, 0.4) is 0 Å². The number of benzene rings is 2. The van der Waals surface area contributed by atoms with Crippen LogP contribution < -0.4 is 4.90 Å². The van der Waals surface area contributed by atoms with E-state index in [1.165, 1.54) is 11.1 Å². The van der Waals surface area contributed by atoms with Crippen molar-refractivity contribution in [1.29, 1.82) is 0 Å². The Labute approximate surface area is 245 Å². The molecule has 7 nitrogen and oxygen atoms in total. The number of Topliss-reactive ketones (excluding diaryl/α,β-unsaturated/α-hetero) is 2. The second-order valence-electron chi connectivity index (χ2n) is 10.8. The fourth-order valence-corrected chi connectivity index (χ4v) is 7.50. The van der Waals surface area contributed by atoms with Gasteiger partial charge >= 0.3 is 0 Å². The van der Waals surface area contributed by atoms with E-state index in [1.807, 2.05) is 0 Å². The molecule has 0 amide bonds. The van der Waals surface area contributed by atoms with Gasteiger partial charge in [0.05, 0.1) is 17.4 Å². The third-order valence-corrected chi connectivity index (χ3v) is 9.70. The van der Waals surface area contributed by atoms with Gasteiger partial charge in [-0.2, -0.15) is 8.75 Å². The van der Waals surface area contributed by atoms with Gasteiger partial charge < -0.3 is 4.90 Å². The number of hydrogen-bond acceptors (Lipinski definition) is 9. The second kappa shape index (κ2) is 10.4. The van der Waals surface area contributed by atoms with Crippen LogP contribution in [0.1, 0.15) is 36.8 Å². The Hall–Kier alpha value is -4.08. The Morgan fingerprint density at radius 2 is 1.44 bits per heavy atom. The van der Waals surface area contributed by atoms with Crippen LogP contribution in [0.5, 0.6) is 0 Å². The first kappa shape index (κ1) is 25.9. The van der Waals surface area contributed by atoms with Crippen molar-refractivity contribution in [3.63, 3.8) is 0 Å². The van der Waals surface area contributed by atoms with Crippen molar-refractivity contribution < 1.29 is 9.59 Å². The molecule has 2 unspecified atom stereocenters. The lowest BCUT2D eigenvalue weighted by atomic mass is 9.81. The number of aromatic nitrogens is 3. The molecule has 2 aromatic carbocycles. The minimum atomic E-state index is -0.459. The zero-order valence-electron chi connectivity index (χ0n) is 22.7. The summed E-state index contributed by atoms with van der Waals surface area (Å²) in [4.78, 5) is 38.0. The van der Waals surface area contributed by atoms with E-state index in [4.69, 9.17) is 0 Å². The fraction of sp³-hybridized carbons (Fsp3) is 0.250. The van der Waals surface area contributed by atoms with Crippen LogP contribution >= 0.6 is 23.1 Å². The van der Waals surface area contributed by atoms with E-state index in [1.54, 1.807) is 17.5 Å². The highest BCUT2D eigenvalue weighted by Crippen LogP contribution is 2.44. The number of rotatable bonds is 5. The molecule has 2 saturated carbocycles. The van der Waals surface area contributed by atoms with Gasteiger partial charge in [0.2, 0.25) is 11.6 Å². The maximum absolute atomic E-state index is 12.8. The number of hydrogen-bond donors (Lipinski definition) is 0. The van der Waals surface area contributed by atoms with Crippen molar-refractivity contribution in [2.75, 3.05) is 4.90 Å². The minimum Gasteiger partial charge on any atom is -0.302 e. The predicted octanol–water partition coefficient (Wildman–Crippen LogP) is 7.93. The summed E-state index contributed by atoms with van der Waals surface area (Å²) in [6.45, 7) is 4.18. The van der Waals surface area contributed by atoms with Crippen molar-refractivity contribution in [2.24, 2.45) is 16.8 Å². The topological polar surface area (TPSA) is 88.4 Å². The molecule has 3 heterocycles. The van der Waals surface area contributed by atoms with Gasteiger partial charge in [0.1, 0.15) is 16.0 Å². The van der Waals surface area contributed by atoms with Crippen LogP contribution in [0.4, 0.5) is 22.2 Å². The molecular weight excluding hydrogens is 551 g/mol. The number of ketones is 2. The van der Waals surface area contributed by atoms with E-state index in [9.17, 15) is 9.59 Å². The molecule has 0 spiro atoms. The van der Waals surface area contributed by atoms with E-state index in [0.29, 0.717) is 22.6 Å². The monoisotopic (exact) mass is 577 g/mol. The number of aliphatic imine (C=N–C) groups is 1. The quantitative estimate of drug-likeness (QED) is 0.197. The summed E-state index contributed by atoms with van der Waals surface area (Å²) in [5.41, 5.74) is 7.05. The van der Waals surface area contributed by atoms with Crippen molar-refractivity contribution in [1.82, 2.24) is 13.7 Å². The third-order valence-electron chi connectivity index (χ3n) is 8.07. The molecule has 3 aromatic heterocycles. The SMILES string of the molecule is Cc1ccc(N(c2ccc(C)cc2)c2ccc(-c3cnc(N=C4C(=O)C(=O)C5CCCCC45)c4nsnc34)s2)cc1. The molecule has 2 atom stereocenters. The minimum absolute atomic E-state index is 0.110. The molecule has 9 heteroatoms. The highest BCUT2D eigenvalue weighted by Gasteiger charge is 2.47. The number of carbonyl (C=O) groups is 2. The van der Waals surface area contributed by atoms with Crippen LogP contribution in [-0.2, 0) is 9.59 Å². The lowest BCUT2D eigenvalue weighted by Crippen LogP contribution is -2.21. The Morgan fingerprint density at radius 3 is 2.12 bits per heavy atom. The van der Waals surface area contributed by atoms with Gasteiger partial charge in [-0.3, -0.25) is 9.59 Å². The van der Waals surface area contributed by atoms with Gasteiger partial charge in [-0.05, 0) is 63.1 Å². The maximum Gasteiger partial charge on any atom is 0.243 e. The zero-order valence-corrected chi connectivity index (χ0v) is 24.3. The van der Waals surface area contributed by atoms with Crippen molar-refractivity contribution in [2.45, 2.75) is 39.5 Å². The highest BCUT2D eigenvalue weighted by atomic mass is 32.1. The summed E-state index contributed by atoms with van der Waals surface area (Å²) >= 11 is 2.75. The zero-order chi connectivity index (χ0) is 28.1. The summed E-state index contributed by atoms with van der Waals surface area (Å²) in [5.74, 6) is -0.735. The number of fused-ring (bicyclic) bond motifs is 2. The molecule has 0 saturated heterocycles. The number of nitrogens with zero attached hydrogens (tertiary/aromatic N) is 5. The summed E-state index contributed by atoms with van der Waals surface area (Å²) in [6, 6.07) is 21.2. The summed E-state index contributed by atoms with van der Waals surface area (Å²) in [6.07, 6.45) is 5.32. The molecule has 0 N–H and O–H groups in total. The van der Waals surface area contributed by atoms with Gasteiger partial charge in [0, 0.05) is 39.8 Å². The Bertz CT molecular complexity index is 1780. The smallest absolute Gasteiger partial charge is 0.243 e. The molecule has 7 rings (SSSR count). The molecule has 5 aromatic rings. The maximum atomic E-state index is 12.8. The van der Waals surface area contributed by atoms with Gasteiger partial charge in [-0.15, -0.1) is 11.3 Å². The van der Waals surface area contributed by atoms with Gasteiger partial charge in [-0.25, -0.2) is 9.98 Å². The molecule has 0 radical (unpaired) electrons. The average molecular weight is 578 g/mol. The molecule has 41 heavy (non-hydrogen) atoms. The summed E-state index contributed by atoms with van der Waals surface area (Å²) < 4.78 is 9.11. The molecule has 0 bridgehead atoms. The van der Waals surface area contributed by atoms with E-state index < -0.39 is 5.78 Å². The second-order valence-corrected chi connectivity index (χ2v) is 12.4. The summed E-state index contributed by atoms with van der Waals surface area (Å²) in [7, 11) is 0. The van der Waals surface area contributed by atoms with Gasteiger partial charge in [0.15, 0.2) is 5.82 Å². The van der Waals surface area contributed by atoms with E-state index in [-0.39, 0.29) is 17.6 Å². The fourth-order valence-electron chi connectivity index (χ4n) is 5.89. The number of thiophene rings is 1. The molecule has 204 valence electrons. The molecule has 0 aliphatic heterocycles. The van der Waals surface area contributed by atoms with E-state index >= 15 is 0 Å². The van der Waals surface area contributed by atoms with Crippen molar-refractivity contribution >= 4 is 73.6 Å². The molecular formula is C32H27N5O2S2. The van der Waals surface area contributed by atoms with Crippen LogP contribution in [0.2, 0.25) is 0 Å². The average Bonchev–Trinajstić information content (AvgIpc) is 3.73. The number of anilines is 3. The number of pyridine rings is 1. The lowest BCUT2D eigenvalue weighted by molar-refractivity contribution is -0.134. The predicted molar refractivity (Wildman–Crippen MR) is 165 cm³/mol. The van der Waals surface area contributed by atoms with Crippen LogP contribution in [0.25, 0.3) is 21.5 Å². The normalized spacial score (nSPS) is 19.7. The first-order chi connectivity index (χ1) is 20.0. The third kappa shape index (κ3) is 4.59. The van der Waals surface area contributed by atoms with E-state index in [2.05, 4.69) is 98.1 Å². The number of aryl methyl sites for hydroxylation is 2. The molecule has 2 fully saturated rings. The van der Waals surface area contributed by atoms with Crippen LogP contribution in [0.15, 0.2) is 71.9 Å².